The first-order valence-electron chi connectivity index (χ1n) is 10.4. The average Bonchev–Trinajstić information content (AvgIpc) is 2.58. The minimum absolute atomic E-state index is 0.0515. The van der Waals surface area contributed by atoms with E-state index in [-0.39, 0.29) is 18.0 Å². The molecule has 25 heavy (non-hydrogen) atoms. The van der Waals surface area contributed by atoms with Gasteiger partial charge in [0.25, 0.3) is 0 Å². The van der Waals surface area contributed by atoms with Gasteiger partial charge in [0.15, 0.2) is 0 Å². The maximum Gasteiger partial charge on any atom is 0.305 e. The largest absolute Gasteiger partial charge is 0.466 e. The highest BCUT2D eigenvalue weighted by Gasteiger charge is 2.22. The number of unbranched alkanes of at least 4 members (excludes halogenated alkanes) is 7. The summed E-state index contributed by atoms with van der Waals surface area (Å²) in [6.45, 7) is 3.85. The van der Waals surface area contributed by atoms with Gasteiger partial charge >= 0.3 is 11.9 Å². The third-order valence-electron chi connectivity index (χ3n) is 5.18. The second-order valence-corrected chi connectivity index (χ2v) is 7.42. The Bertz CT molecular complexity index is 359. The highest BCUT2D eigenvalue weighted by molar-refractivity contribution is 5.69. The van der Waals surface area contributed by atoms with Crippen LogP contribution in [0.3, 0.4) is 0 Å². The Morgan fingerprint density at radius 1 is 0.840 bits per heavy atom. The van der Waals surface area contributed by atoms with Crippen LogP contribution in [-0.2, 0) is 19.1 Å². The first kappa shape index (κ1) is 22.0. The molecule has 0 aliphatic heterocycles. The molecular weight excluding hydrogens is 316 g/mol. The van der Waals surface area contributed by atoms with Gasteiger partial charge in [-0.3, -0.25) is 9.59 Å². The third kappa shape index (κ3) is 12.0. The van der Waals surface area contributed by atoms with Gasteiger partial charge in [-0.2, -0.15) is 0 Å². The zero-order valence-corrected chi connectivity index (χ0v) is 16.4. The van der Waals surface area contributed by atoms with E-state index in [0.29, 0.717) is 13.0 Å². The summed E-state index contributed by atoms with van der Waals surface area (Å²) < 4.78 is 10.2. The number of rotatable bonds is 13. The monoisotopic (exact) mass is 354 g/mol. The molecule has 0 aromatic carbocycles. The van der Waals surface area contributed by atoms with Crippen LogP contribution in [0.4, 0.5) is 0 Å². The lowest BCUT2D eigenvalue weighted by atomic mass is 9.84. The first-order valence-corrected chi connectivity index (χ1v) is 10.4. The van der Waals surface area contributed by atoms with Crippen molar-refractivity contribution in [2.45, 2.75) is 110 Å². The minimum atomic E-state index is -0.135. The molecule has 0 N–H and O–H groups in total. The number of carbonyl (C=O) groups is 2. The lowest BCUT2D eigenvalue weighted by Crippen LogP contribution is -2.23. The van der Waals surface area contributed by atoms with E-state index in [4.69, 9.17) is 9.47 Å². The van der Waals surface area contributed by atoms with E-state index >= 15 is 0 Å². The molecule has 1 fully saturated rings. The van der Waals surface area contributed by atoms with Gasteiger partial charge in [0, 0.05) is 13.3 Å². The molecule has 0 atom stereocenters. The summed E-state index contributed by atoms with van der Waals surface area (Å²) in [5.74, 6) is 0.656. The fraction of sp³-hybridized carbons (Fsp3) is 0.905. The lowest BCUT2D eigenvalue weighted by Gasteiger charge is -2.28. The van der Waals surface area contributed by atoms with Crippen molar-refractivity contribution in [1.29, 1.82) is 0 Å². The van der Waals surface area contributed by atoms with Crippen LogP contribution in [0.2, 0.25) is 0 Å². The van der Waals surface area contributed by atoms with Gasteiger partial charge in [0.1, 0.15) is 6.10 Å². The number of hydrogen-bond acceptors (Lipinski definition) is 4. The molecule has 4 heteroatoms. The molecule has 0 unspecified atom stereocenters. The van der Waals surface area contributed by atoms with Crippen LogP contribution in [0.15, 0.2) is 0 Å². The zero-order chi connectivity index (χ0) is 18.3. The maximum absolute atomic E-state index is 11.2. The predicted molar refractivity (Wildman–Crippen MR) is 100 cm³/mol. The summed E-state index contributed by atoms with van der Waals surface area (Å²) in [7, 11) is 0. The van der Waals surface area contributed by atoms with Gasteiger partial charge in [0.2, 0.25) is 0 Å². The topological polar surface area (TPSA) is 52.6 Å². The molecule has 0 radical (unpaired) electrons. The normalized spacial score (nSPS) is 20.2. The summed E-state index contributed by atoms with van der Waals surface area (Å²) in [6, 6.07) is 0. The smallest absolute Gasteiger partial charge is 0.305 e. The predicted octanol–water partition coefficient (Wildman–Crippen LogP) is 5.57. The average molecular weight is 355 g/mol. The van der Waals surface area contributed by atoms with Crippen molar-refractivity contribution >= 4 is 11.9 Å². The van der Waals surface area contributed by atoms with Crippen LogP contribution in [0.25, 0.3) is 0 Å². The fourth-order valence-electron chi connectivity index (χ4n) is 3.77. The Hall–Kier alpha value is -1.06. The van der Waals surface area contributed by atoms with Gasteiger partial charge in [0.05, 0.1) is 6.61 Å². The summed E-state index contributed by atoms with van der Waals surface area (Å²) in [5.41, 5.74) is 0. The third-order valence-corrected chi connectivity index (χ3v) is 5.18. The molecule has 0 amide bonds. The number of esters is 2. The van der Waals surface area contributed by atoms with Gasteiger partial charge in [-0.1, -0.05) is 51.4 Å². The second-order valence-electron chi connectivity index (χ2n) is 7.42. The summed E-state index contributed by atoms with van der Waals surface area (Å²) in [4.78, 5) is 22.2. The van der Waals surface area contributed by atoms with Crippen molar-refractivity contribution < 1.29 is 19.1 Å². The molecule has 1 saturated carbocycles. The Morgan fingerprint density at radius 3 is 1.96 bits per heavy atom. The maximum atomic E-state index is 11.2. The molecule has 0 saturated heterocycles. The Labute approximate surface area is 154 Å². The van der Waals surface area contributed by atoms with Crippen LogP contribution in [0.1, 0.15) is 104 Å². The van der Waals surface area contributed by atoms with Crippen molar-refractivity contribution in [2.75, 3.05) is 6.61 Å². The van der Waals surface area contributed by atoms with Gasteiger partial charge in [-0.15, -0.1) is 0 Å². The number of ether oxygens (including phenoxy) is 2. The fourth-order valence-corrected chi connectivity index (χ4v) is 3.77. The van der Waals surface area contributed by atoms with Crippen LogP contribution < -0.4 is 0 Å². The Morgan fingerprint density at radius 2 is 1.40 bits per heavy atom. The van der Waals surface area contributed by atoms with Crippen LogP contribution in [0, 0.1) is 5.92 Å². The first-order chi connectivity index (χ1) is 12.1. The van der Waals surface area contributed by atoms with E-state index in [1.54, 1.807) is 0 Å². The van der Waals surface area contributed by atoms with Crippen molar-refractivity contribution in [3.05, 3.63) is 0 Å². The van der Waals surface area contributed by atoms with E-state index in [9.17, 15) is 9.59 Å². The van der Waals surface area contributed by atoms with Crippen LogP contribution >= 0.6 is 0 Å². The van der Waals surface area contributed by atoms with E-state index < -0.39 is 0 Å². The number of carbonyl (C=O) groups excluding carboxylic acids is 2. The zero-order valence-electron chi connectivity index (χ0n) is 16.4. The van der Waals surface area contributed by atoms with Crippen molar-refractivity contribution in [3.8, 4) is 0 Å². The van der Waals surface area contributed by atoms with E-state index in [1.807, 2.05) is 6.92 Å². The molecule has 0 bridgehead atoms. The summed E-state index contributed by atoms with van der Waals surface area (Å²) in [5, 5.41) is 0. The highest BCUT2D eigenvalue weighted by atomic mass is 16.5. The standard InChI is InChI=1S/C21H38O4/c1-3-24-21(23)13-11-9-7-5-4-6-8-10-12-19-14-16-20(17-15-19)25-18(2)22/h19-20H,3-17H2,1-2H3. The van der Waals surface area contributed by atoms with Crippen molar-refractivity contribution in [3.63, 3.8) is 0 Å². The van der Waals surface area contributed by atoms with E-state index in [0.717, 1.165) is 31.6 Å². The molecule has 4 nitrogen and oxygen atoms in total. The summed E-state index contributed by atoms with van der Waals surface area (Å²) in [6.07, 6.45) is 16.6. The van der Waals surface area contributed by atoms with Gasteiger partial charge in [-0.25, -0.2) is 0 Å². The quantitative estimate of drug-likeness (QED) is 0.320. The molecule has 0 spiro atoms. The molecule has 0 heterocycles. The molecule has 1 aliphatic rings. The molecule has 0 aromatic heterocycles. The molecule has 0 aromatic rings. The molecule has 146 valence electrons. The second kappa shape index (κ2) is 14.1. The van der Waals surface area contributed by atoms with E-state index in [2.05, 4.69) is 0 Å². The molecule has 1 rings (SSSR count). The Kier molecular flexibility index (Phi) is 12.4. The SMILES string of the molecule is CCOC(=O)CCCCCCCCCCC1CCC(OC(C)=O)CC1. The Balaban J connectivity index is 1.83. The van der Waals surface area contributed by atoms with Gasteiger partial charge < -0.3 is 9.47 Å². The number of hydrogen-bond donors (Lipinski definition) is 0. The van der Waals surface area contributed by atoms with Gasteiger partial charge in [-0.05, 0) is 44.9 Å². The van der Waals surface area contributed by atoms with Crippen LogP contribution in [-0.4, -0.2) is 24.6 Å². The van der Waals surface area contributed by atoms with Crippen molar-refractivity contribution in [2.24, 2.45) is 5.92 Å². The molecular formula is C21H38O4. The van der Waals surface area contributed by atoms with Crippen LogP contribution in [0.5, 0.6) is 0 Å². The molecule has 1 aliphatic carbocycles. The van der Waals surface area contributed by atoms with Crippen molar-refractivity contribution in [1.82, 2.24) is 0 Å². The highest BCUT2D eigenvalue weighted by Crippen LogP contribution is 2.30. The van der Waals surface area contributed by atoms with E-state index in [1.165, 1.54) is 64.7 Å². The lowest BCUT2D eigenvalue weighted by molar-refractivity contribution is -0.148. The minimum Gasteiger partial charge on any atom is -0.466 e. The summed E-state index contributed by atoms with van der Waals surface area (Å²) >= 11 is 0.